The van der Waals surface area contributed by atoms with Crippen LogP contribution in [0.15, 0.2) is 22.7 Å². The maximum absolute atomic E-state index is 5.93. The maximum atomic E-state index is 5.93. The Kier molecular flexibility index (Phi) is 3.84. The van der Waals surface area contributed by atoms with Crippen molar-refractivity contribution in [1.29, 1.82) is 0 Å². The zero-order chi connectivity index (χ0) is 11.5. The molecule has 2 atom stereocenters. The first-order chi connectivity index (χ1) is 7.66. The van der Waals surface area contributed by atoms with Crippen LogP contribution >= 0.6 is 15.9 Å². The average molecular weight is 286 g/mol. The van der Waals surface area contributed by atoms with E-state index in [1.165, 1.54) is 0 Å². The molecule has 1 aliphatic rings. The van der Waals surface area contributed by atoms with Gasteiger partial charge in [-0.2, -0.15) is 0 Å². The Labute approximate surface area is 104 Å². The maximum Gasteiger partial charge on any atom is 0.124 e. The van der Waals surface area contributed by atoms with E-state index in [2.05, 4.69) is 15.9 Å². The van der Waals surface area contributed by atoms with Crippen molar-refractivity contribution in [2.24, 2.45) is 5.73 Å². The van der Waals surface area contributed by atoms with Gasteiger partial charge in [0.2, 0.25) is 0 Å². The van der Waals surface area contributed by atoms with Gasteiger partial charge in [0, 0.05) is 22.5 Å². The number of hydrogen-bond acceptors (Lipinski definition) is 3. The monoisotopic (exact) mass is 285 g/mol. The molecule has 0 spiro atoms. The molecule has 16 heavy (non-hydrogen) atoms. The Morgan fingerprint density at radius 3 is 3.00 bits per heavy atom. The van der Waals surface area contributed by atoms with Crippen molar-refractivity contribution in [2.45, 2.75) is 25.5 Å². The molecule has 1 fully saturated rings. The van der Waals surface area contributed by atoms with Crippen molar-refractivity contribution < 1.29 is 9.47 Å². The highest BCUT2D eigenvalue weighted by atomic mass is 79.9. The van der Waals surface area contributed by atoms with Crippen LogP contribution in [0.1, 0.15) is 24.9 Å². The van der Waals surface area contributed by atoms with Crippen LogP contribution in [0, 0.1) is 0 Å². The molecule has 2 N–H and O–H groups in total. The first-order valence-corrected chi connectivity index (χ1v) is 6.25. The largest absolute Gasteiger partial charge is 0.488 e. The number of halogens is 1. The summed E-state index contributed by atoms with van der Waals surface area (Å²) in [5.74, 6) is 0.869. The van der Waals surface area contributed by atoms with Crippen molar-refractivity contribution in [3.05, 3.63) is 28.2 Å². The molecule has 1 saturated heterocycles. The molecule has 0 aliphatic carbocycles. The Hall–Kier alpha value is -0.580. The Morgan fingerprint density at radius 2 is 2.38 bits per heavy atom. The lowest BCUT2D eigenvalue weighted by molar-refractivity contribution is 0.140. The smallest absolute Gasteiger partial charge is 0.124 e. The van der Waals surface area contributed by atoms with E-state index in [4.69, 9.17) is 15.2 Å². The minimum absolute atomic E-state index is 0.0326. The number of rotatable bonds is 3. The summed E-state index contributed by atoms with van der Waals surface area (Å²) in [6.45, 7) is 3.42. The molecule has 0 saturated carbocycles. The lowest BCUT2D eigenvalue weighted by Gasteiger charge is -2.17. The zero-order valence-electron chi connectivity index (χ0n) is 9.28. The molecule has 3 nitrogen and oxygen atoms in total. The van der Waals surface area contributed by atoms with Gasteiger partial charge in [0.05, 0.1) is 13.2 Å². The van der Waals surface area contributed by atoms with Crippen molar-refractivity contribution in [1.82, 2.24) is 0 Å². The molecule has 88 valence electrons. The molecule has 1 aromatic rings. The highest BCUT2D eigenvalue weighted by Crippen LogP contribution is 2.29. The molecule has 2 rings (SSSR count). The number of ether oxygens (including phenoxy) is 2. The molecule has 0 radical (unpaired) electrons. The highest BCUT2D eigenvalue weighted by Gasteiger charge is 2.19. The third-order valence-electron chi connectivity index (χ3n) is 2.64. The molecule has 0 amide bonds. The number of nitrogens with two attached hydrogens (primary N) is 1. The second-order valence-corrected chi connectivity index (χ2v) is 4.99. The lowest BCUT2D eigenvalue weighted by Crippen LogP contribution is -2.18. The fraction of sp³-hybridized carbons (Fsp3) is 0.500. The van der Waals surface area contributed by atoms with E-state index in [0.29, 0.717) is 6.61 Å². The second-order valence-electron chi connectivity index (χ2n) is 4.07. The zero-order valence-corrected chi connectivity index (χ0v) is 10.9. The summed E-state index contributed by atoms with van der Waals surface area (Å²) in [4.78, 5) is 0. The molecule has 1 heterocycles. The lowest BCUT2D eigenvalue weighted by atomic mass is 10.1. The topological polar surface area (TPSA) is 44.5 Å². The Bertz CT molecular complexity index is 362. The van der Waals surface area contributed by atoms with Crippen molar-refractivity contribution in [3.63, 3.8) is 0 Å². The average Bonchev–Trinajstić information content (AvgIpc) is 2.73. The predicted octanol–water partition coefficient (Wildman–Crippen LogP) is 2.64. The SMILES string of the molecule is CC(N)c1cc(Br)ccc1OC1CCOC1. The highest BCUT2D eigenvalue weighted by molar-refractivity contribution is 9.10. The molecule has 4 heteroatoms. The van der Waals surface area contributed by atoms with Crippen LogP contribution in [-0.2, 0) is 4.74 Å². The first-order valence-electron chi connectivity index (χ1n) is 5.46. The molecule has 0 bridgehead atoms. The van der Waals surface area contributed by atoms with Gasteiger partial charge < -0.3 is 15.2 Å². The molecule has 0 aromatic heterocycles. The van der Waals surface area contributed by atoms with E-state index in [9.17, 15) is 0 Å². The van der Waals surface area contributed by atoms with Crippen LogP contribution in [0.4, 0.5) is 0 Å². The quantitative estimate of drug-likeness (QED) is 0.929. The fourth-order valence-electron chi connectivity index (χ4n) is 1.77. The van der Waals surface area contributed by atoms with E-state index >= 15 is 0 Å². The van der Waals surface area contributed by atoms with Gasteiger partial charge in [0.15, 0.2) is 0 Å². The van der Waals surface area contributed by atoms with Gasteiger partial charge in [-0.15, -0.1) is 0 Å². The van der Waals surface area contributed by atoms with Gasteiger partial charge in [0.1, 0.15) is 11.9 Å². The third-order valence-corrected chi connectivity index (χ3v) is 3.14. The predicted molar refractivity (Wildman–Crippen MR) is 66.6 cm³/mol. The summed E-state index contributed by atoms with van der Waals surface area (Å²) in [7, 11) is 0. The van der Waals surface area contributed by atoms with Gasteiger partial charge in [0.25, 0.3) is 0 Å². The molecule has 1 aromatic carbocycles. The van der Waals surface area contributed by atoms with Gasteiger partial charge in [-0.05, 0) is 25.1 Å². The van der Waals surface area contributed by atoms with Crippen molar-refractivity contribution >= 4 is 15.9 Å². The molecular weight excluding hydrogens is 270 g/mol. The van der Waals surface area contributed by atoms with Crippen molar-refractivity contribution in [3.8, 4) is 5.75 Å². The van der Waals surface area contributed by atoms with Crippen LogP contribution < -0.4 is 10.5 Å². The summed E-state index contributed by atoms with van der Waals surface area (Å²) in [6, 6.07) is 5.91. The molecule has 2 unspecified atom stereocenters. The molecular formula is C12H16BrNO2. The van der Waals surface area contributed by atoms with Crippen LogP contribution in [-0.4, -0.2) is 19.3 Å². The third kappa shape index (κ3) is 2.75. The summed E-state index contributed by atoms with van der Waals surface area (Å²) in [5.41, 5.74) is 6.95. The fourth-order valence-corrected chi connectivity index (χ4v) is 2.15. The van der Waals surface area contributed by atoms with Gasteiger partial charge >= 0.3 is 0 Å². The van der Waals surface area contributed by atoms with E-state index in [1.54, 1.807) is 0 Å². The molecule has 1 aliphatic heterocycles. The Morgan fingerprint density at radius 1 is 1.56 bits per heavy atom. The van der Waals surface area contributed by atoms with E-state index in [-0.39, 0.29) is 12.1 Å². The number of benzene rings is 1. The normalized spacial score (nSPS) is 22.1. The van der Waals surface area contributed by atoms with E-state index < -0.39 is 0 Å². The van der Waals surface area contributed by atoms with Crippen LogP contribution in [0.25, 0.3) is 0 Å². The summed E-state index contributed by atoms with van der Waals surface area (Å²) in [6.07, 6.45) is 1.12. The van der Waals surface area contributed by atoms with Crippen LogP contribution in [0.3, 0.4) is 0 Å². The van der Waals surface area contributed by atoms with Gasteiger partial charge in [-0.1, -0.05) is 15.9 Å². The van der Waals surface area contributed by atoms with Gasteiger partial charge in [-0.3, -0.25) is 0 Å². The summed E-state index contributed by atoms with van der Waals surface area (Å²) < 4.78 is 12.2. The second kappa shape index (κ2) is 5.17. The Balaban J connectivity index is 2.18. The van der Waals surface area contributed by atoms with Crippen LogP contribution in [0.2, 0.25) is 0 Å². The first kappa shape index (κ1) is 11.9. The van der Waals surface area contributed by atoms with E-state index in [0.717, 1.165) is 28.8 Å². The summed E-state index contributed by atoms with van der Waals surface area (Å²) in [5, 5.41) is 0. The van der Waals surface area contributed by atoms with Gasteiger partial charge in [-0.25, -0.2) is 0 Å². The standard InChI is InChI=1S/C12H16BrNO2/c1-8(14)11-6-9(13)2-3-12(11)16-10-4-5-15-7-10/h2-3,6,8,10H,4-5,7,14H2,1H3. The minimum Gasteiger partial charge on any atom is -0.488 e. The van der Waals surface area contributed by atoms with E-state index in [1.807, 2.05) is 25.1 Å². The van der Waals surface area contributed by atoms with Crippen LogP contribution in [0.5, 0.6) is 5.75 Å². The minimum atomic E-state index is -0.0326. The number of hydrogen-bond donors (Lipinski definition) is 1. The summed E-state index contributed by atoms with van der Waals surface area (Å²) >= 11 is 3.44. The van der Waals surface area contributed by atoms with Crippen molar-refractivity contribution in [2.75, 3.05) is 13.2 Å².